The molecule has 0 saturated carbocycles. The number of para-hydroxylation sites is 1. The van der Waals surface area contributed by atoms with Crippen LogP contribution in [-0.4, -0.2) is 41.6 Å². The van der Waals surface area contributed by atoms with Crippen LogP contribution in [0.1, 0.15) is 51.1 Å². The van der Waals surface area contributed by atoms with Gasteiger partial charge in [0.1, 0.15) is 11.2 Å². The number of hydrogen-bond donors (Lipinski definition) is 1. The average molecular weight is 372 g/mol. The van der Waals surface area contributed by atoms with Gasteiger partial charge in [0.15, 0.2) is 5.76 Å². The van der Waals surface area contributed by atoms with Gasteiger partial charge >= 0.3 is 6.09 Å². The van der Waals surface area contributed by atoms with E-state index in [0.717, 1.165) is 23.8 Å². The Morgan fingerprint density at radius 3 is 2.74 bits per heavy atom. The first-order chi connectivity index (χ1) is 12.7. The monoisotopic (exact) mass is 372 g/mol. The molecule has 1 fully saturated rings. The first kappa shape index (κ1) is 19.3. The van der Waals surface area contributed by atoms with Gasteiger partial charge in [-0.15, -0.1) is 0 Å². The number of amides is 2. The Morgan fingerprint density at radius 1 is 1.30 bits per heavy atom. The zero-order chi connectivity index (χ0) is 19.6. The van der Waals surface area contributed by atoms with Gasteiger partial charge in [0.05, 0.1) is 0 Å². The second-order valence-corrected chi connectivity index (χ2v) is 8.24. The van der Waals surface area contributed by atoms with Crippen LogP contribution in [0, 0.1) is 5.92 Å². The summed E-state index contributed by atoms with van der Waals surface area (Å²) in [6.07, 6.45) is 1.44. The van der Waals surface area contributed by atoms with Gasteiger partial charge < -0.3 is 19.4 Å². The van der Waals surface area contributed by atoms with Gasteiger partial charge in [-0.3, -0.25) is 4.79 Å². The minimum Gasteiger partial charge on any atom is -0.451 e. The van der Waals surface area contributed by atoms with E-state index in [1.54, 1.807) is 6.07 Å². The van der Waals surface area contributed by atoms with Crippen molar-refractivity contribution in [2.75, 3.05) is 13.1 Å². The lowest BCUT2D eigenvalue weighted by Gasteiger charge is -2.35. The molecular weight excluding hydrogens is 344 g/mol. The summed E-state index contributed by atoms with van der Waals surface area (Å²) in [5, 5.41) is 3.83. The molecule has 2 aromatic rings. The number of carbonyl (C=O) groups excluding carboxylic acids is 2. The van der Waals surface area contributed by atoms with Crippen LogP contribution < -0.4 is 5.32 Å². The number of alkyl carbamates (subject to hydrolysis) is 1. The highest BCUT2D eigenvalue weighted by molar-refractivity contribution is 5.96. The molecule has 1 saturated heterocycles. The predicted octanol–water partition coefficient (Wildman–Crippen LogP) is 4.20. The standard InChI is InChI=1S/C21H28N2O4/c1-14(22-20(25)27-21(2,3)4)16-9-7-11-23(13-16)19(24)18-12-15-8-5-6-10-17(15)26-18/h5-6,8,10,12,14,16H,7,9,11,13H2,1-4H3,(H,22,25)/t14-,16-/m0/s1. The fraction of sp³-hybridized carbons (Fsp3) is 0.524. The van der Waals surface area contributed by atoms with Crippen LogP contribution in [0.4, 0.5) is 4.79 Å². The molecule has 2 amide bonds. The Labute approximate surface area is 159 Å². The summed E-state index contributed by atoms with van der Waals surface area (Å²) < 4.78 is 11.0. The van der Waals surface area contributed by atoms with E-state index < -0.39 is 11.7 Å². The summed E-state index contributed by atoms with van der Waals surface area (Å²) in [4.78, 5) is 26.7. The highest BCUT2D eigenvalue weighted by Gasteiger charge is 2.30. The largest absolute Gasteiger partial charge is 0.451 e. The van der Waals surface area contributed by atoms with Crippen molar-refractivity contribution in [3.05, 3.63) is 36.1 Å². The molecule has 2 atom stereocenters. The summed E-state index contributed by atoms with van der Waals surface area (Å²) in [6, 6.07) is 9.32. The van der Waals surface area contributed by atoms with Gasteiger partial charge in [0, 0.05) is 24.5 Å². The van der Waals surface area contributed by atoms with E-state index in [2.05, 4.69) is 5.32 Å². The molecule has 1 aromatic carbocycles. The Balaban J connectivity index is 1.63. The maximum atomic E-state index is 12.9. The molecular formula is C21H28N2O4. The molecule has 0 radical (unpaired) electrons. The summed E-state index contributed by atoms with van der Waals surface area (Å²) in [6.45, 7) is 8.77. The average Bonchev–Trinajstić information content (AvgIpc) is 3.03. The van der Waals surface area contributed by atoms with Crippen LogP contribution >= 0.6 is 0 Å². The highest BCUT2D eigenvalue weighted by Crippen LogP contribution is 2.24. The van der Waals surface area contributed by atoms with Gasteiger partial charge in [-0.2, -0.15) is 0 Å². The first-order valence-electron chi connectivity index (χ1n) is 9.50. The van der Waals surface area contributed by atoms with Crippen LogP contribution in [0.15, 0.2) is 34.7 Å². The van der Waals surface area contributed by atoms with Crippen LogP contribution in [0.3, 0.4) is 0 Å². The van der Waals surface area contributed by atoms with Crippen molar-refractivity contribution >= 4 is 23.0 Å². The van der Waals surface area contributed by atoms with Gasteiger partial charge in [-0.05, 0) is 58.6 Å². The van der Waals surface area contributed by atoms with Crippen molar-refractivity contribution in [3.63, 3.8) is 0 Å². The Morgan fingerprint density at radius 2 is 2.04 bits per heavy atom. The van der Waals surface area contributed by atoms with E-state index in [9.17, 15) is 9.59 Å². The fourth-order valence-electron chi connectivity index (χ4n) is 3.46. The van der Waals surface area contributed by atoms with E-state index in [4.69, 9.17) is 9.15 Å². The third-order valence-corrected chi connectivity index (χ3v) is 4.83. The molecule has 0 spiro atoms. The second kappa shape index (κ2) is 7.62. The van der Waals surface area contributed by atoms with Crippen LogP contribution in [0.25, 0.3) is 11.0 Å². The minimum absolute atomic E-state index is 0.0777. The summed E-state index contributed by atoms with van der Waals surface area (Å²) in [5.74, 6) is 0.449. The third kappa shape index (κ3) is 4.81. The number of ether oxygens (including phenoxy) is 1. The van der Waals surface area contributed by atoms with Crippen molar-refractivity contribution in [1.82, 2.24) is 10.2 Å². The number of fused-ring (bicyclic) bond motifs is 1. The SMILES string of the molecule is C[C@H](NC(=O)OC(C)(C)C)[C@H]1CCCN(C(=O)c2cc3ccccc3o2)C1. The van der Waals surface area contributed by atoms with E-state index in [1.165, 1.54) is 0 Å². The van der Waals surface area contributed by atoms with E-state index >= 15 is 0 Å². The number of nitrogens with zero attached hydrogens (tertiary/aromatic N) is 1. The van der Waals surface area contributed by atoms with Gasteiger partial charge in [-0.25, -0.2) is 4.79 Å². The van der Waals surface area contributed by atoms with E-state index in [-0.39, 0.29) is 17.9 Å². The van der Waals surface area contributed by atoms with Crippen LogP contribution in [0.2, 0.25) is 0 Å². The Kier molecular flexibility index (Phi) is 5.44. The lowest BCUT2D eigenvalue weighted by molar-refractivity contribution is 0.0456. The molecule has 6 nitrogen and oxygen atoms in total. The summed E-state index contributed by atoms with van der Waals surface area (Å²) >= 11 is 0. The molecule has 2 heterocycles. The number of carbonyl (C=O) groups is 2. The molecule has 1 aromatic heterocycles. The maximum absolute atomic E-state index is 12.9. The first-order valence-corrected chi connectivity index (χ1v) is 9.50. The number of likely N-dealkylation sites (tertiary alicyclic amines) is 1. The summed E-state index contributed by atoms with van der Waals surface area (Å²) in [5.41, 5.74) is 0.189. The van der Waals surface area contributed by atoms with E-state index in [0.29, 0.717) is 18.8 Å². The second-order valence-electron chi connectivity index (χ2n) is 8.24. The highest BCUT2D eigenvalue weighted by atomic mass is 16.6. The zero-order valence-electron chi connectivity index (χ0n) is 16.5. The molecule has 1 N–H and O–H groups in total. The number of piperidine rings is 1. The number of furan rings is 1. The van der Waals surface area contributed by atoms with Gasteiger partial charge in [0.25, 0.3) is 5.91 Å². The number of rotatable bonds is 3. The lowest BCUT2D eigenvalue weighted by Crippen LogP contribution is -2.48. The number of hydrogen-bond acceptors (Lipinski definition) is 4. The maximum Gasteiger partial charge on any atom is 0.407 e. The number of benzene rings is 1. The minimum atomic E-state index is -0.528. The zero-order valence-corrected chi connectivity index (χ0v) is 16.5. The summed E-state index contributed by atoms with van der Waals surface area (Å²) in [7, 11) is 0. The molecule has 0 unspecified atom stereocenters. The van der Waals surface area contributed by atoms with Crippen molar-refractivity contribution in [2.45, 2.75) is 52.2 Å². The van der Waals surface area contributed by atoms with E-state index in [1.807, 2.05) is 56.9 Å². The molecule has 146 valence electrons. The van der Waals surface area contributed by atoms with Crippen LogP contribution in [0.5, 0.6) is 0 Å². The third-order valence-electron chi connectivity index (χ3n) is 4.83. The fourth-order valence-corrected chi connectivity index (χ4v) is 3.46. The quantitative estimate of drug-likeness (QED) is 0.876. The van der Waals surface area contributed by atoms with Crippen LogP contribution in [-0.2, 0) is 4.74 Å². The molecule has 6 heteroatoms. The molecule has 27 heavy (non-hydrogen) atoms. The molecule has 0 aliphatic carbocycles. The Bertz CT molecular complexity index is 788. The predicted molar refractivity (Wildman–Crippen MR) is 104 cm³/mol. The van der Waals surface area contributed by atoms with Crippen molar-refractivity contribution < 1.29 is 18.7 Å². The molecule has 0 bridgehead atoms. The van der Waals surface area contributed by atoms with Crippen molar-refractivity contribution in [3.8, 4) is 0 Å². The normalized spacial score (nSPS) is 19.0. The van der Waals surface area contributed by atoms with Gasteiger partial charge in [0.2, 0.25) is 0 Å². The molecule has 3 rings (SSSR count). The molecule has 1 aliphatic rings. The smallest absolute Gasteiger partial charge is 0.407 e. The molecule has 1 aliphatic heterocycles. The van der Waals surface area contributed by atoms with Crippen molar-refractivity contribution in [1.29, 1.82) is 0 Å². The van der Waals surface area contributed by atoms with Crippen molar-refractivity contribution in [2.24, 2.45) is 5.92 Å². The lowest BCUT2D eigenvalue weighted by atomic mass is 9.91. The number of nitrogens with one attached hydrogen (secondary N) is 1. The Hall–Kier alpha value is -2.50. The van der Waals surface area contributed by atoms with Gasteiger partial charge in [-0.1, -0.05) is 18.2 Å². The topological polar surface area (TPSA) is 71.8 Å².